The average molecular weight is 326 g/mol. The molecule has 0 unspecified atom stereocenters. The van der Waals surface area contributed by atoms with Crippen LogP contribution in [0.1, 0.15) is 67.7 Å². The lowest BCUT2D eigenvalue weighted by atomic mass is 10.1. The molecule has 0 saturated heterocycles. The third-order valence-electron chi connectivity index (χ3n) is 2.51. The van der Waals surface area contributed by atoms with Crippen LogP contribution in [0.4, 0.5) is 0 Å². The number of allylic oxidation sites excluding steroid dienone is 2. The zero-order valence-electron chi connectivity index (χ0n) is 15.8. The molecule has 0 radical (unpaired) electrons. The van der Waals surface area contributed by atoms with E-state index < -0.39 is 0 Å². The van der Waals surface area contributed by atoms with Gasteiger partial charge in [0.2, 0.25) is 11.8 Å². The predicted molar refractivity (Wildman–Crippen MR) is 96.7 cm³/mol. The molecule has 0 spiro atoms. The first-order valence-electron chi connectivity index (χ1n) is 8.19. The first-order chi connectivity index (χ1) is 10.8. The Morgan fingerprint density at radius 2 is 1.52 bits per heavy atom. The van der Waals surface area contributed by atoms with E-state index >= 15 is 0 Å². The number of imide groups is 1. The van der Waals surface area contributed by atoms with Crippen molar-refractivity contribution in [2.45, 2.75) is 67.7 Å². The number of unbranched alkanes of at least 4 members (excludes halogenated alkanes) is 2. The Bertz CT molecular complexity index is 395. The highest BCUT2D eigenvalue weighted by molar-refractivity contribution is 6.05. The molecule has 0 aliphatic heterocycles. The third kappa shape index (κ3) is 16.3. The maximum Gasteiger partial charge on any atom is 0.260 e. The number of hydrogen-bond acceptors (Lipinski definition) is 3. The van der Waals surface area contributed by atoms with Crippen LogP contribution in [0.2, 0.25) is 0 Å². The molecule has 0 atom stereocenters. The van der Waals surface area contributed by atoms with E-state index in [2.05, 4.69) is 12.7 Å². The maximum absolute atomic E-state index is 12.1. The summed E-state index contributed by atoms with van der Waals surface area (Å²) in [7, 11) is 0. The number of primary amides is 1. The predicted octanol–water partition coefficient (Wildman–Crippen LogP) is 3.59. The molecule has 0 bridgehead atoms. The quantitative estimate of drug-likeness (QED) is 0.460. The van der Waals surface area contributed by atoms with Crippen molar-refractivity contribution in [3.8, 4) is 0 Å². The molecule has 0 fully saturated rings. The van der Waals surface area contributed by atoms with Gasteiger partial charge in [-0.25, -0.2) is 0 Å². The zero-order valence-corrected chi connectivity index (χ0v) is 15.8. The SMILES string of the molecule is C/C=C\C(=C/C)C(=O)N(CCCCC)C(C)=O.CC.CC(N)=O. The van der Waals surface area contributed by atoms with Crippen molar-refractivity contribution in [3.63, 3.8) is 0 Å². The van der Waals surface area contributed by atoms with E-state index in [9.17, 15) is 14.4 Å². The van der Waals surface area contributed by atoms with Gasteiger partial charge in [0.05, 0.1) is 0 Å². The third-order valence-corrected chi connectivity index (χ3v) is 2.51. The Labute approximate surface area is 141 Å². The van der Waals surface area contributed by atoms with Gasteiger partial charge in [0.1, 0.15) is 0 Å². The van der Waals surface area contributed by atoms with Gasteiger partial charge in [0.25, 0.3) is 5.91 Å². The van der Waals surface area contributed by atoms with Crippen LogP contribution in [0.15, 0.2) is 23.8 Å². The van der Waals surface area contributed by atoms with Crippen LogP contribution in [0.5, 0.6) is 0 Å². The summed E-state index contributed by atoms with van der Waals surface area (Å²) in [6.45, 7) is 13.0. The Hall–Kier alpha value is -1.91. The van der Waals surface area contributed by atoms with E-state index in [1.165, 1.54) is 18.7 Å². The maximum atomic E-state index is 12.1. The van der Waals surface area contributed by atoms with Gasteiger partial charge >= 0.3 is 0 Å². The zero-order chi connectivity index (χ0) is 18.8. The van der Waals surface area contributed by atoms with Crippen LogP contribution in [0, 0.1) is 0 Å². The number of carbonyl (C=O) groups is 3. The summed E-state index contributed by atoms with van der Waals surface area (Å²) < 4.78 is 0. The van der Waals surface area contributed by atoms with Crippen LogP contribution >= 0.6 is 0 Å². The number of nitrogens with two attached hydrogens (primary N) is 1. The van der Waals surface area contributed by atoms with Crippen molar-refractivity contribution in [1.82, 2.24) is 4.90 Å². The number of hydrogen-bond donors (Lipinski definition) is 1. The monoisotopic (exact) mass is 326 g/mol. The molecule has 0 aromatic carbocycles. The van der Waals surface area contributed by atoms with Gasteiger partial charge in [-0.1, -0.05) is 51.8 Å². The molecular weight excluding hydrogens is 292 g/mol. The van der Waals surface area contributed by atoms with Gasteiger partial charge in [-0.2, -0.15) is 0 Å². The molecule has 23 heavy (non-hydrogen) atoms. The number of rotatable bonds is 6. The molecule has 0 rings (SSSR count). The van der Waals surface area contributed by atoms with Crippen molar-refractivity contribution in [1.29, 1.82) is 0 Å². The van der Waals surface area contributed by atoms with Crippen molar-refractivity contribution < 1.29 is 14.4 Å². The first-order valence-corrected chi connectivity index (χ1v) is 8.19. The van der Waals surface area contributed by atoms with E-state index in [4.69, 9.17) is 0 Å². The lowest BCUT2D eigenvalue weighted by Gasteiger charge is -2.19. The van der Waals surface area contributed by atoms with Crippen molar-refractivity contribution >= 4 is 17.7 Å². The fourth-order valence-electron chi connectivity index (χ4n) is 1.55. The summed E-state index contributed by atoms with van der Waals surface area (Å²) >= 11 is 0. The highest BCUT2D eigenvalue weighted by Gasteiger charge is 2.19. The van der Waals surface area contributed by atoms with E-state index in [0.29, 0.717) is 12.1 Å². The number of amides is 3. The standard InChI is InChI=1S/C14H23NO2.C2H5NO.C2H6/c1-5-8-9-11-15(12(4)16)14(17)13(7-3)10-6-2;1-2(3)4;1-2/h6-7,10H,5,8-9,11H2,1-4H3;1H3,(H2,3,4);1-2H3/b10-6-,13-7+;;. The second kappa shape index (κ2) is 18.1. The van der Waals surface area contributed by atoms with Gasteiger partial charge in [-0.15, -0.1) is 0 Å². The normalized spacial score (nSPS) is 10.1. The van der Waals surface area contributed by atoms with Crippen molar-refractivity contribution in [2.24, 2.45) is 5.73 Å². The highest BCUT2D eigenvalue weighted by Crippen LogP contribution is 2.07. The lowest BCUT2D eigenvalue weighted by Crippen LogP contribution is -2.36. The summed E-state index contributed by atoms with van der Waals surface area (Å²) in [5, 5.41) is 0. The molecule has 0 aliphatic rings. The van der Waals surface area contributed by atoms with Gasteiger partial charge in [0.15, 0.2) is 0 Å². The Kier molecular flexibility index (Phi) is 20.5. The van der Waals surface area contributed by atoms with E-state index in [0.717, 1.165) is 19.3 Å². The van der Waals surface area contributed by atoms with Crippen LogP contribution < -0.4 is 5.73 Å². The molecule has 0 heterocycles. The molecule has 0 saturated carbocycles. The minimum absolute atomic E-state index is 0.185. The van der Waals surface area contributed by atoms with Gasteiger partial charge in [-0.05, 0) is 20.3 Å². The number of nitrogens with zero attached hydrogens (tertiary/aromatic N) is 1. The first kappa shape index (κ1) is 26.0. The summed E-state index contributed by atoms with van der Waals surface area (Å²) in [4.78, 5) is 34.1. The smallest absolute Gasteiger partial charge is 0.260 e. The molecule has 0 aliphatic carbocycles. The van der Waals surface area contributed by atoms with Gasteiger partial charge in [0, 0.05) is 26.0 Å². The molecule has 134 valence electrons. The average Bonchev–Trinajstić information content (AvgIpc) is 2.49. The molecule has 0 aromatic rings. The molecule has 5 nitrogen and oxygen atoms in total. The van der Waals surface area contributed by atoms with Crippen LogP contribution in [-0.4, -0.2) is 29.2 Å². The fourth-order valence-corrected chi connectivity index (χ4v) is 1.55. The lowest BCUT2D eigenvalue weighted by molar-refractivity contribution is -0.141. The van der Waals surface area contributed by atoms with Crippen molar-refractivity contribution in [3.05, 3.63) is 23.8 Å². The van der Waals surface area contributed by atoms with Crippen molar-refractivity contribution in [2.75, 3.05) is 6.54 Å². The van der Waals surface area contributed by atoms with E-state index in [1.54, 1.807) is 25.2 Å². The van der Waals surface area contributed by atoms with E-state index in [1.807, 2.05) is 20.8 Å². The summed E-state index contributed by atoms with van der Waals surface area (Å²) in [5.41, 5.74) is 5.04. The van der Waals surface area contributed by atoms with E-state index in [-0.39, 0.29) is 17.7 Å². The molecule has 5 heteroatoms. The highest BCUT2D eigenvalue weighted by atomic mass is 16.2. The number of carbonyl (C=O) groups excluding carboxylic acids is 3. The second-order valence-electron chi connectivity index (χ2n) is 4.54. The fraction of sp³-hybridized carbons (Fsp3) is 0.611. The topological polar surface area (TPSA) is 80.5 Å². The molecule has 0 aromatic heterocycles. The second-order valence-corrected chi connectivity index (χ2v) is 4.54. The van der Waals surface area contributed by atoms with Crippen LogP contribution in [0.25, 0.3) is 0 Å². The summed E-state index contributed by atoms with van der Waals surface area (Å²) in [5.74, 6) is -0.718. The molecular formula is C18H34N2O3. The van der Waals surface area contributed by atoms with Gasteiger partial charge < -0.3 is 5.73 Å². The van der Waals surface area contributed by atoms with Gasteiger partial charge in [-0.3, -0.25) is 19.3 Å². The minimum Gasteiger partial charge on any atom is -0.370 e. The molecule has 2 N–H and O–H groups in total. The van der Waals surface area contributed by atoms with Crippen LogP contribution in [-0.2, 0) is 14.4 Å². The minimum atomic E-state index is -0.333. The largest absolute Gasteiger partial charge is 0.370 e. The summed E-state index contributed by atoms with van der Waals surface area (Å²) in [6, 6.07) is 0. The Morgan fingerprint density at radius 3 is 1.83 bits per heavy atom. The Balaban J connectivity index is -0.000000574. The molecule has 3 amide bonds. The summed E-state index contributed by atoms with van der Waals surface area (Å²) in [6.07, 6.45) is 8.25. The Morgan fingerprint density at radius 1 is 1.04 bits per heavy atom. The van der Waals surface area contributed by atoms with Crippen LogP contribution in [0.3, 0.4) is 0 Å².